The highest BCUT2D eigenvalue weighted by Gasteiger charge is 2.39. The molecule has 1 aromatic heterocycles. The second kappa shape index (κ2) is 12.8. The summed E-state index contributed by atoms with van der Waals surface area (Å²) in [6.07, 6.45) is 14.3. The Morgan fingerprint density at radius 2 is 1.76 bits per heavy atom. The molecule has 1 aliphatic heterocycles. The average molecular weight is 656 g/mol. The molecule has 0 saturated carbocycles. The van der Waals surface area contributed by atoms with Gasteiger partial charge in [0.2, 0.25) is 5.52 Å². The smallest absolute Gasteiger partial charge is 0.215 e. The zero-order chi connectivity index (χ0) is 28.3. The first-order valence-electron chi connectivity index (χ1n) is 14.0. The van der Waals surface area contributed by atoms with Gasteiger partial charge in [0, 0.05) is 53.3 Å². The van der Waals surface area contributed by atoms with Gasteiger partial charge in [-0.25, -0.2) is 0 Å². The highest BCUT2D eigenvalue weighted by atomic mass is 127. The molecule has 4 aromatic rings. The van der Waals surface area contributed by atoms with E-state index in [1.807, 2.05) is 6.07 Å². The lowest BCUT2D eigenvalue weighted by Crippen LogP contribution is -2.35. The number of hydrogen-bond donors (Lipinski definition) is 0. The van der Waals surface area contributed by atoms with Crippen LogP contribution in [0.3, 0.4) is 0 Å². The number of terminal acetylenes is 1. The number of benzene rings is 3. The molecule has 0 atom stereocenters. The third kappa shape index (κ3) is 5.99. The molecule has 0 radical (unpaired) electrons. The first kappa shape index (κ1) is 30.2. The van der Waals surface area contributed by atoms with Crippen molar-refractivity contribution in [1.29, 1.82) is 0 Å². The van der Waals surface area contributed by atoms with Crippen molar-refractivity contribution in [2.24, 2.45) is 0 Å². The fraction of sp³-hybridized carbons (Fsp3) is 0.250. The van der Waals surface area contributed by atoms with E-state index >= 15 is 0 Å². The van der Waals surface area contributed by atoms with E-state index in [1.54, 1.807) is 12.1 Å². The van der Waals surface area contributed by atoms with E-state index in [-0.39, 0.29) is 35.1 Å². The van der Waals surface area contributed by atoms with Gasteiger partial charge in [0.05, 0.1) is 11.9 Å². The van der Waals surface area contributed by atoms with Crippen LogP contribution in [0.2, 0.25) is 0 Å². The minimum atomic E-state index is -0.264. The molecule has 0 aliphatic carbocycles. The van der Waals surface area contributed by atoms with E-state index in [0.717, 1.165) is 42.1 Å². The fourth-order valence-corrected chi connectivity index (χ4v) is 5.86. The molecule has 0 bridgehead atoms. The monoisotopic (exact) mass is 655 g/mol. The van der Waals surface area contributed by atoms with E-state index in [1.165, 1.54) is 22.2 Å². The number of nitrogens with zero attached hydrogens (tertiary/aromatic N) is 3. The Kier molecular flexibility index (Phi) is 9.45. The molecule has 0 amide bonds. The highest BCUT2D eigenvalue weighted by molar-refractivity contribution is 14.0. The Bertz CT molecular complexity index is 1630. The summed E-state index contributed by atoms with van der Waals surface area (Å²) in [4.78, 5) is 4.47. The third-order valence-corrected chi connectivity index (χ3v) is 8.00. The molecule has 210 valence electrons. The maximum absolute atomic E-state index is 12.2. The molecule has 0 unspecified atom stereocenters. The first-order valence-corrected chi connectivity index (χ1v) is 14.0. The number of anilines is 2. The van der Waals surface area contributed by atoms with E-state index in [4.69, 9.17) is 6.42 Å². The Morgan fingerprint density at radius 3 is 2.46 bits per heavy atom. The molecule has 0 spiro atoms. The summed E-state index contributed by atoms with van der Waals surface area (Å²) in [6, 6.07) is 24.8. The number of rotatable bonds is 8. The highest BCUT2D eigenvalue weighted by Crippen LogP contribution is 2.48. The van der Waals surface area contributed by atoms with Crippen LogP contribution in [0.15, 0.2) is 96.8 Å². The van der Waals surface area contributed by atoms with E-state index in [0.29, 0.717) is 6.54 Å². The third-order valence-electron chi connectivity index (χ3n) is 8.00. The van der Waals surface area contributed by atoms with Gasteiger partial charge in [-0.05, 0) is 49.2 Å². The fourth-order valence-electron chi connectivity index (χ4n) is 5.86. The van der Waals surface area contributed by atoms with Crippen LogP contribution in [-0.2, 0) is 12.0 Å². The Balaban J connectivity index is 0.00000387. The molecule has 0 N–H and O–H groups in total. The Morgan fingerprint density at radius 1 is 1.00 bits per heavy atom. The SMILES string of the molecule is C#CCN1/C(=C/C=C\c2cc[n+](Cc3ccccc3)c3cc(N(CC)CC)ccc23)C(C)(C)c2ccc([O-])cc21.I. The van der Waals surface area contributed by atoms with Crippen molar-refractivity contribution < 1.29 is 9.67 Å². The zero-order valence-electron chi connectivity index (χ0n) is 24.3. The summed E-state index contributed by atoms with van der Waals surface area (Å²) in [7, 11) is 0. The number of aromatic nitrogens is 1. The number of halogens is 1. The molecule has 41 heavy (non-hydrogen) atoms. The zero-order valence-corrected chi connectivity index (χ0v) is 26.6. The van der Waals surface area contributed by atoms with Gasteiger partial charge in [0.25, 0.3) is 0 Å². The van der Waals surface area contributed by atoms with Crippen molar-refractivity contribution in [3.63, 3.8) is 0 Å². The summed E-state index contributed by atoms with van der Waals surface area (Å²) >= 11 is 0. The Hall–Kier alpha value is -3.76. The molecule has 0 fully saturated rings. The van der Waals surface area contributed by atoms with Crippen LogP contribution in [0, 0.1) is 12.3 Å². The Labute approximate surface area is 261 Å². The molecule has 3 aromatic carbocycles. The molecular weight excluding hydrogens is 617 g/mol. The lowest BCUT2D eigenvalue weighted by Gasteiger charge is -2.25. The molecule has 4 nitrogen and oxygen atoms in total. The van der Waals surface area contributed by atoms with Crippen LogP contribution in [0.5, 0.6) is 5.75 Å². The van der Waals surface area contributed by atoms with Crippen LogP contribution in [-0.4, -0.2) is 19.6 Å². The van der Waals surface area contributed by atoms with Crippen molar-refractivity contribution in [2.45, 2.75) is 39.7 Å². The molecular formula is C36H38IN3O. The van der Waals surface area contributed by atoms with Crippen molar-refractivity contribution in [3.05, 3.63) is 114 Å². The average Bonchev–Trinajstić information content (AvgIpc) is 3.16. The van der Waals surface area contributed by atoms with Crippen molar-refractivity contribution in [2.75, 3.05) is 29.4 Å². The van der Waals surface area contributed by atoms with Crippen LogP contribution in [0.25, 0.3) is 17.0 Å². The molecule has 5 rings (SSSR count). The maximum atomic E-state index is 12.2. The molecule has 2 heterocycles. The number of fused-ring (bicyclic) bond motifs is 2. The normalized spacial score (nSPS) is 14.7. The van der Waals surface area contributed by atoms with Crippen molar-refractivity contribution in [3.8, 4) is 18.1 Å². The topological polar surface area (TPSA) is 33.4 Å². The van der Waals surface area contributed by atoms with Crippen molar-refractivity contribution >= 4 is 52.3 Å². The minimum Gasteiger partial charge on any atom is -0.872 e. The first-order chi connectivity index (χ1) is 19.4. The summed E-state index contributed by atoms with van der Waals surface area (Å²) in [5.41, 5.74) is 7.72. The van der Waals surface area contributed by atoms with Gasteiger partial charge >= 0.3 is 0 Å². The van der Waals surface area contributed by atoms with Gasteiger partial charge in [-0.2, -0.15) is 4.57 Å². The van der Waals surface area contributed by atoms with Gasteiger partial charge in [0.15, 0.2) is 12.7 Å². The quantitative estimate of drug-likeness (QED) is 0.116. The molecule has 0 saturated heterocycles. The van der Waals surface area contributed by atoms with Gasteiger partial charge in [-0.3, -0.25) is 0 Å². The second-order valence-corrected chi connectivity index (χ2v) is 10.8. The summed E-state index contributed by atoms with van der Waals surface area (Å²) in [5.74, 6) is 2.77. The summed E-state index contributed by atoms with van der Waals surface area (Å²) in [5, 5.41) is 13.4. The van der Waals surface area contributed by atoms with Gasteiger partial charge < -0.3 is 14.9 Å². The molecule has 1 aliphatic rings. The summed E-state index contributed by atoms with van der Waals surface area (Å²) in [6.45, 7) is 11.9. The molecule has 5 heteroatoms. The van der Waals surface area contributed by atoms with E-state index in [9.17, 15) is 5.11 Å². The standard InChI is InChI=1S/C36H37N3O.HI/c1-6-22-39-34-25-30(40)18-20-32(34)36(4,5)35(39)16-12-15-28-21-23-38(26-27-13-10-9-11-14-27)33-24-29(17-19-31(28)33)37(7-2)8-3;/h1,9-21,23-25H,7-8,22,26H2,2-5H3;1H. The number of hydrogen-bond acceptors (Lipinski definition) is 3. The lowest BCUT2D eigenvalue weighted by molar-refractivity contribution is -0.662. The number of allylic oxidation sites excluding steroid dienone is 3. The van der Waals surface area contributed by atoms with Gasteiger partial charge in [0.1, 0.15) is 0 Å². The lowest BCUT2D eigenvalue weighted by atomic mass is 9.83. The van der Waals surface area contributed by atoms with E-state index < -0.39 is 0 Å². The van der Waals surface area contributed by atoms with Crippen LogP contribution in [0.4, 0.5) is 11.4 Å². The predicted molar refractivity (Wildman–Crippen MR) is 181 cm³/mol. The largest absolute Gasteiger partial charge is 0.872 e. The van der Waals surface area contributed by atoms with Gasteiger partial charge in [-0.15, -0.1) is 36.1 Å². The predicted octanol–water partition coefficient (Wildman–Crippen LogP) is 7.04. The number of pyridine rings is 1. The van der Waals surface area contributed by atoms with E-state index in [2.05, 4.69) is 127 Å². The minimum absolute atomic E-state index is 0. The van der Waals surface area contributed by atoms with Gasteiger partial charge in [-0.1, -0.05) is 74.4 Å². The maximum Gasteiger partial charge on any atom is 0.215 e. The second-order valence-electron chi connectivity index (χ2n) is 10.8. The summed E-state index contributed by atoms with van der Waals surface area (Å²) < 4.78 is 2.33. The van der Waals surface area contributed by atoms with Crippen LogP contribution < -0.4 is 19.5 Å². The van der Waals surface area contributed by atoms with Crippen LogP contribution in [0.1, 0.15) is 44.4 Å². The van der Waals surface area contributed by atoms with Crippen molar-refractivity contribution in [1.82, 2.24) is 0 Å². The van der Waals surface area contributed by atoms with Crippen LogP contribution >= 0.6 is 24.0 Å².